The maximum absolute atomic E-state index is 11.8. The van der Waals surface area contributed by atoms with Gasteiger partial charge in [0.2, 0.25) is 5.91 Å². The highest BCUT2D eigenvalue weighted by Crippen LogP contribution is 2.23. The molecule has 0 aromatic heterocycles. The molecule has 0 saturated carbocycles. The number of carbonyl (C=O) groups excluding carboxylic acids is 2. The van der Waals surface area contributed by atoms with Gasteiger partial charge in [0.25, 0.3) is 5.91 Å². The summed E-state index contributed by atoms with van der Waals surface area (Å²) in [6, 6.07) is 7.09. The van der Waals surface area contributed by atoms with E-state index in [4.69, 9.17) is 0 Å². The zero-order valence-electron chi connectivity index (χ0n) is 23.6. The number of nitrogens with one attached hydrogen (secondary N) is 1. The fourth-order valence-corrected chi connectivity index (χ4v) is 5.61. The van der Waals surface area contributed by atoms with Crippen LogP contribution in [-0.4, -0.2) is 71.8 Å². The molecule has 1 aromatic rings. The Kier molecular flexibility index (Phi) is 15.0. The Morgan fingerprint density at radius 2 is 1.32 bits per heavy atom. The van der Waals surface area contributed by atoms with Gasteiger partial charge in [-0.25, -0.2) is 12.7 Å². The third-order valence-corrected chi connectivity index (χ3v) is 8.04. The number of rotatable bonds is 16. The van der Waals surface area contributed by atoms with Crippen LogP contribution in [0.15, 0.2) is 30.3 Å². The van der Waals surface area contributed by atoms with Crippen molar-refractivity contribution in [3.05, 3.63) is 35.9 Å². The molecule has 0 radical (unpaired) electrons. The van der Waals surface area contributed by atoms with Gasteiger partial charge >= 0.3 is 0 Å². The summed E-state index contributed by atoms with van der Waals surface area (Å²) in [4.78, 5) is 23.3. The number of quaternary nitrogens is 1. The molecule has 1 saturated heterocycles. The maximum Gasteiger partial charge on any atom is 0.260 e. The minimum absolute atomic E-state index is 0.0848. The molecule has 1 aliphatic rings. The van der Waals surface area contributed by atoms with Crippen LogP contribution in [0.3, 0.4) is 0 Å². The number of hydrogen-bond acceptors (Lipinski definition) is 5. The molecule has 9 heteroatoms. The van der Waals surface area contributed by atoms with E-state index < -0.39 is 34.2 Å². The van der Waals surface area contributed by atoms with Gasteiger partial charge in [-0.1, -0.05) is 83.7 Å². The Morgan fingerprint density at radius 3 is 1.68 bits per heavy atom. The lowest BCUT2D eigenvalue weighted by Gasteiger charge is -2.45. The van der Waals surface area contributed by atoms with E-state index in [-0.39, 0.29) is 10.7 Å². The number of amides is 2. The van der Waals surface area contributed by atoms with E-state index in [9.17, 15) is 22.6 Å². The molecule has 2 rings (SSSR count). The summed E-state index contributed by atoms with van der Waals surface area (Å²) in [5.41, 5.74) is 0.776. The molecule has 0 aliphatic carbocycles. The van der Waals surface area contributed by atoms with E-state index in [1.807, 2.05) is 6.07 Å². The second kappa shape index (κ2) is 16.8. The second-order valence-electron chi connectivity index (χ2n) is 10.2. The van der Waals surface area contributed by atoms with E-state index in [0.717, 1.165) is 5.56 Å². The summed E-state index contributed by atoms with van der Waals surface area (Å²) >= 11 is 0. The first kappa shape index (κ1) is 33.1. The first-order valence-electron chi connectivity index (χ1n) is 14.0. The van der Waals surface area contributed by atoms with Crippen molar-refractivity contribution in [2.24, 2.45) is 0 Å². The first-order chi connectivity index (χ1) is 17.5. The third kappa shape index (κ3) is 11.1. The minimum atomic E-state index is -4.81. The Morgan fingerprint density at radius 1 is 0.892 bits per heavy atom. The quantitative estimate of drug-likeness (QED) is 0.190. The Hall–Kier alpha value is -1.97. The van der Waals surface area contributed by atoms with Gasteiger partial charge in [0, 0.05) is 0 Å². The van der Waals surface area contributed by atoms with Crippen molar-refractivity contribution in [2.75, 3.05) is 26.2 Å². The van der Waals surface area contributed by atoms with Gasteiger partial charge in [0.15, 0.2) is 10.3 Å². The number of β-lactam (4-membered cyclic amide) rings is 1. The SMILES string of the molecule is CCCC[N+](CCCC)(CCCC)CCCC.C[C@H]1[C@H](NC(=O)Cc2ccccc2)C(=O)N1S(=O)(=O)[O-]. The summed E-state index contributed by atoms with van der Waals surface area (Å²) in [6.45, 7) is 16.4. The Bertz CT molecular complexity index is 870. The van der Waals surface area contributed by atoms with Crippen molar-refractivity contribution in [1.29, 1.82) is 0 Å². The van der Waals surface area contributed by atoms with Gasteiger partial charge in [0.1, 0.15) is 6.04 Å². The molecule has 8 nitrogen and oxygen atoms in total. The van der Waals surface area contributed by atoms with Crippen LogP contribution in [0.2, 0.25) is 0 Å². The molecule has 0 unspecified atom stereocenters. The lowest BCUT2D eigenvalue weighted by molar-refractivity contribution is -0.929. The zero-order chi connectivity index (χ0) is 27.9. The van der Waals surface area contributed by atoms with Crippen LogP contribution in [-0.2, 0) is 26.3 Å². The second-order valence-corrected chi connectivity index (χ2v) is 11.4. The molecule has 37 heavy (non-hydrogen) atoms. The summed E-state index contributed by atoms with van der Waals surface area (Å²) in [6.07, 6.45) is 11.1. The average Bonchev–Trinajstić information content (AvgIpc) is 2.87. The van der Waals surface area contributed by atoms with Gasteiger partial charge in [-0.2, -0.15) is 0 Å². The molecule has 1 heterocycles. The highest BCUT2D eigenvalue weighted by Gasteiger charge is 2.48. The topological polar surface area (TPSA) is 107 Å². The van der Waals surface area contributed by atoms with Gasteiger partial charge in [-0.15, -0.1) is 0 Å². The molecule has 1 fully saturated rings. The first-order valence-corrected chi connectivity index (χ1v) is 15.4. The molecule has 2 atom stereocenters. The van der Waals surface area contributed by atoms with E-state index in [2.05, 4.69) is 33.0 Å². The predicted molar refractivity (Wildman–Crippen MR) is 147 cm³/mol. The highest BCUT2D eigenvalue weighted by atomic mass is 32.2. The predicted octanol–water partition coefficient (Wildman–Crippen LogP) is 4.41. The van der Waals surface area contributed by atoms with Crippen molar-refractivity contribution in [3.8, 4) is 0 Å². The largest absolute Gasteiger partial charge is 0.731 e. The standard InChI is InChI=1S/C16H36N.C12H14N2O5S/c1-5-9-13-17(14-10-6-2,15-11-7-3)16-12-8-4;1-8-11(12(16)14(8)20(17,18)19)13-10(15)7-9-5-3-2-4-6-9/h5-16H2,1-4H3;2-6,8,11H,7H2,1H3,(H,13,15)(H,17,18,19)/q+1;/p-1/t;8-,11-/m.0/s1. The van der Waals surface area contributed by atoms with E-state index in [1.54, 1.807) is 24.3 Å². The number of carbonyl (C=O) groups is 2. The molecular weight excluding hydrogens is 490 g/mol. The van der Waals surface area contributed by atoms with E-state index in [1.165, 1.54) is 89.0 Å². The Balaban J connectivity index is 0.000000377. The van der Waals surface area contributed by atoms with Crippen LogP contribution in [0.1, 0.15) is 91.5 Å². The molecule has 0 bridgehead atoms. The normalized spacial score (nSPS) is 17.6. The number of benzene rings is 1. The van der Waals surface area contributed by atoms with Crippen LogP contribution < -0.4 is 5.32 Å². The van der Waals surface area contributed by atoms with Gasteiger partial charge in [-0.05, 0) is 38.2 Å². The van der Waals surface area contributed by atoms with Crippen molar-refractivity contribution in [2.45, 2.75) is 104 Å². The third-order valence-electron chi connectivity index (χ3n) is 7.04. The monoisotopic (exact) mass is 539 g/mol. The number of unbranched alkanes of at least 4 members (excludes halogenated alkanes) is 4. The van der Waals surface area contributed by atoms with Crippen molar-refractivity contribution >= 4 is 22.1 Å². The smallest absolute Gasteiger partial charge is 0.260 e. The van der Waals surface area contributed by atoms with Crippen molar-refractivity contribution in [3.63, 3.8) is 0 Å². The van der Waals surface area contributed by atoms with E-state index >= 15 is 0 Å². The van der Waals surface area contributed by atoms with Crippen LogP contribution in [0, 0.1) is 0 Å². The van der Waals surface area contributed by atoms with Crippen molar-refractivity contribution < 1.29 is 27.0 Å². The number of hydrogen-bond donors (Lipinski definition) is 1. The average molecular weight is 540 g/mol. The van der Waals surface area contributed by atoms with Crippen LogP contribution >= 0.6 is 0 Å². The molecule has 1 N–H and O–H groups in total. The summed E-state index contributed by atoms with van der Waals surface area (Å²) in [5, 5.41) is 2.43. The Labute approximate surface area is 225 Å². The fraction of sp³-hybridized carbons (Fsp3) is 0.714. The molecule has 212 valence electrons. The molecule has 2 amide bonds. The minimum Gasteiger partial charge on any atom is -0.731 e. The maximum atomic E-state index is 11.8. The van der Waals surface area contributed by atoms with Crippen LogP contribution in [0.25, 0.3) is 0 Å². The fourth-order valence-electron chi connectivity index (χ4n) is 4.74. The summed E-state index contributed by atoms with van der Waals surface area (Å²) in [5.74, 6) is -1.29. The van der Waals surface area contributed by atoms with E-state index in [0.29, 0.717) is 0 Å². The molecule has 1 aromatic carbocycles. The molecule has 0 spiro atoms. The lowest BCUT2D eigenvalue weighted by atomic mass is 10.0. The van der Waals surface area contributed by atoms with Gasteiger partial charge in [-0.3, -0.25) is 9.59 Å². The highest BCUT2D eigenvalue weighted by molar-refractivity contribution is 7.84. The van der Waals surface area contributed by atoms with Gasteiger partial charge < -0.3 is 14.4 Å². The van der Waals surface area contributed by atoms with Crippen LogP contribution in [0.4, 0.5) is 0 Å². The zero-order valence-corrected chi connectivity index (χ0v) is 24.4. The molecular formula is C28H49N3O5S. The molecule has 1 aliphatic heterocycles. The lowest BCUT2D eigenvalue weighted by Crippen LogP contribution is -2.70. The van der Waals surface area contributed by atoms with Crippen LogP contribution in [0.5, 0.6) is 0 Å². The van der Waals surface area contributed by atoms with Gasteiger partial charge in [0.05, 0.1) is 38.6 Å². The number of nitrogens with zero attached hydrogens (tertiary/aromatic N) is 2. The van der Waals surface area contributed by atoms with Crippen molar-refractivity contribution in [1.82, 2.24) is 9.62 Å². The summed E-state index contributed by atoms with van der Waals surface area (Å²) < 4.78 is 34.0. The summed E-state index contributed by atoms with van der Waals surface area (Å²) in [7, 11) is -4.81.